The summed E-state index contributed by atoms with van der Waals surface area (Å²) in [6, 6.07) is 9.40. The Hall–Kier alpha value is -1.94. The molecule has 1 aliphatic carbocycles. The van der Waals surface area contributed by atoms with Gasteiger partial charge in [-0.1, -0.05) is 12.8 Å². The summed E-state index contributed by atoms with van der Waals surface area (Å²) in [5.74, 6) is 1.48. The summed E-state index contributed by atoms with van der Waals surface area (Å²) in [6.07, 6.45) is 9.60. The van der Waals surface area contributed by atoms with Gasteiger partial charge in [0.15, 0.2) is 0 Å². The summed E-state index contributed by atoms with van der Waals surface area (Å²) in [5, 5.41) is 23.6. The van der Waals surface area contributed by atoms with Crippen molar-refractivity contribution < 1.29 is 9.84 Å². The minimum Gasteiger partial charge on any atom is -0.494 e. The van der Waals surface area contributed by atoms with E-state index in [1.165, 1.54) is 12.8 Å². The van der Waals surface area contributed by atoms with Crippen molar-refractivity contribution in [2.45, 2.75) is 50.5 Å². The summed E-state index contributed by atoms with van der Waals surface area (Å²) in [6.45, 7) is 3.75. The molecule has 1 aromatic carbocycles. The van der Waals surface area contributed by atoms with Gasteiger partial charge < -0.3 is 14.7 Å². The van der Waals surface area contributed by atoms with Crippen LogP contribution in [0.5, 0.6) is 5.75 Å². The lowest BCUT2D eigenvalue weighted by Gasteiger charge is -2.43. The average Bonchev–Trinajstić information content (AvgIpc) is 3.52. The van der Waals surface area contributed by atoms with Gasteiger partial charge in [0.25, 0.3) is 0 Å². The van der Waals surface area contributed by atoms with Crippen LogP contribution in [0.25, 0.3) is 0 Å². The van der Waals surface area contributed by atoms with Gasteiger partial charge in [0.2, 0.25) is 0 Å². The van der Waals surface area contributed by atoms with E-state index >= 15 is 0 Å². The minimum absolute atomic E-state index is 0.304. The highest BCUT2D eigenvalue weighted by molar-refractivity contribution is 7.09. The monoisotopic (exact) mass is 425 g/mol. The second-order valence-corrected chi connectivity index (χ2v) is 9.49. The molecule has 1 atom stereocenters. The van der Waals surface area contributed by atoms with E-state index in [2.05, 4.69) is 16.0 Å². The molecule has 2 aliphatic rings. The van der Waals surface area contributed by atoms with Crippen LogP contribution in [0.15, 0.2) is 35.8 Å². The molecule has 5 nitrogen and oxygen atoms in total. The lowest BCUT2D eigenvalue weighted by molar-refractivity contribution is -0.0935. The first-order chi connectivity index (χ1) is 14.7. The van der Waals surface area contributed by atoms with E-state index in [-0.39, 0.29) is 0 Å². The molecule has 2 aromatic rings. The van der Waals surface area contributed by atoms with Crippen molar-refractivity contribution in [2.24, 2.45) is 11.8 Å². The van der Waals surface area contributed by atoms with Crippen LogP contribution in [-0.2, 0) is 5.60 Å². The van der Waals surface area contributed by atoms with Crippen molar-refractivity contribution in [1.82, 2.24) is 9.88 Å². The number of aliphatic hydroxyl groups is 1. The maximum atomic E-state index is 11.8. The highest BCUT2D eigenvalue weighted by Gasteiger charge is 2.48. The van der Waals surface area contributed by atoms with E-state index in [4.69, 9.17) is 10.00 Å². The van der Waals surface area contributed by atoms with Crippen molar-refractivity contribution in [3.05, 3.63) is 46.4 Å². The van der Waals surface area contributed by atoms with Crippen molar-refractivity contribution in [3.63, 3.8) is 0 Å². The van der Waals surface area contributed by atoms with Crippen LogP contribution in [0.4, 0.5) is 0 Å². The predicted molar refractivity (Wildman–Crippen MR) is 118 cm³/mol. The summed E-state index contributed by atoms with van der Waals surface area (Å²) in [4.78, 5) is 7.04. The summed E-state index contributed by atoms with van der Waals surface area (Å²) in [7, 11) is 0. The highest BCUT2D eigenvalue weighted by atomic mass is 32.1. The molecule has 4 rings (SSSR count). The number of aromatic nitrogens is 1. The molecule has 0 spiro atoms. The molecule has 1 aliphatic heterocycles. The number of hydrogen-bond donors (Lipinski definition) is 1. The van der Waals surface area contributed by atoms with Gasteiger partial charge in [0.05, 0.1) is 18.2 Å². The molecule has 1 aromatic heterocycles. The zero-order chi connectivity index (χ0) is 20.8. The first-order valence-electron chi connectivity index (χ1n) is 11.2. The minimum atomic E-state index is -0.741. The summed E-state index contributed by atoms with van der Waals surface area (Å²) >= 11 is 1.62. The standard InChI is InChI=1S/C24H31N3O2S/c25-18-19-6-8-22(9-7-19)29-16-3-13-27-14-10-21(11-15-27)24(28,20-4-1-2-5-20)23-26-12-17-30-23/h6-9,12,17,20-21,28H,1-5,10-11,13-16H2/t24-/m0/s1. The van der Waals surface area contributed by atoms with E-state index in [9.17, 15) is 5.11 Å². The largest absolute Gasteiger partial charge is 0.494 e. The first-order valence-corrected chi connectivity index (χ1v) is 12.1. The van der Waals surface area contributed by atoms with Crippen molar-refractivity contribution in [1.29, 1.82) is 5.26 Å². The van der Waals surface area contributed by atoms with Gasteiger partial charge in [-0.05, 0) is 81.3 Å². The Kier molecular flexibility index (Phi) is 7.04. The number of hydrogen-bond acceptors (Lipinski definition) is 6. The fourth-order valence-corrected chi connectivity index (χ4v) is 6.06. The summed E-state index contributed by atoms with van der Waals surface area (Å²) < 4.78 is 5.81. The Morgan fingerprint density at radius 1 is 1.13 bits per heavy atom. The van der Waals surface area contributed by atoms with Crippen LogP contribution in [0.3, 0.4) is 0 Å². The number of thiazole rings is 1. The molecule has 6 heteroatoms. The van der Waals surface area contributed by atoms with Crippen LogP contribution >= 0.6 is 11.3 Å². The van der Waals surface area contributed by atoms with Crippen LogP contribution in [0.2, 0.25) is 0 Å². The number of rotatable bonds is 8. The third-order valence-corrected chi connectivity index (χ3v) is 7.75. The molecule has 0 radical (unpaired) electrons. The molecule has 0 unspecified atom stereocenters. The topological polar surface area (TPSA) is 69.4 Å². The Balaban J connectivity index is 1.25. The average molecular weight is 426 g/mol. The molecular weight excluding hydrogens is 394 g/mol. The van der Waals surface area contributed by atoms with Gasteiger partial charge in [-0.3, -0.25) is 0 Å². The number of likely N-dealkylation sites (tertiary alicyclic amines) is 1. The van der Waals surface area contributed by atoms with E-state index in [1.54, 1.807) is 23.5 Å². The van der Waals surface area contributed by atoms with Crippen molar-refractivity contribution >= 4 is 11.3 Å². The van der Waals surface area contributed by atoms with Crippen molar-refractivity contribution in [2.75, 3.05) is 26.2 Å². The number of benzene rings is 1. The smallest absolute Gasteiger partial charge is 0.125 e. The van der Waals surface area contributed by atoms with Gasteiger partial charge >= 0.3 is 0 Å². The molecule has 1 N–H and O–H groups in total. The second-order valence-electron chi connectivity index (χ2n) is 8.60. The molecule has 2 heterocycles. The maximum absolute atomic E-state index is 11.8. The van der Waals surface area contributed by atoms with Crippen LogP contribution in [0, 0.1) is 23.2 Å². The van der Waals surface area contributed by atoms with Gasteiger partial charge in [0.1, 0.15) is 16.4 Å². The molecule has 2 fully saturated rings. The molecule has 30 heavy (non-hydrogen) atoms. The molecule has 1 saturated heterocycles. The number of nitrogens with zero attached hydrogens (tertiary/aromatic N) is 3. The number of piperidine rings is 1. The number of ether oxygens (including phenoxy) is 1. The number of nitriles is 1. The lowest BCUT2D eigenvalue weighted by atomic mass is 9.72. The third-order valence-electron chi connectivity index (χ3n) is 6.83. The zero-order valence-corrected chi connectivity index (χ0v) is 18.3. The van der Waals surface area contributed by atoms with E-state index in [0.717, 1.165) is 62.5 Å². The quantitative estimate of drug-likeness (QED) is 0.627. The fourth-order valence-electron chi connectivity index (χ4n) is 5.17. The summed E-state index contributed by atoms with van der Waals surface area (Å²) in [5.41, 5.74) is -0.0873. The van der Waals surface area contributed by atoms with Gasteiger partial charge in [-0.2, -0.15) is 5.26 Å². The van der Waals surface area contributed by atoms with Gasteiger partial charge in [-0.15, -0.1) is 11.3 Å². The second kappa shape index (κ2) is 9.91. The SMILES string of the molecule is N#Cc1ccc(OCCCN2CCC([C@](O)(c3nccs3)C3CCCC3)CC2)cc1. The molecule has 1 saturated carbocycles. The van der Waals surface area contributed by atoms with Crippen LogP contribution < -0.4 is 4.74 Å². The molecule has 160 valence electrons. The molecule has 0 bridgehead atoms. The van der Waals surface area contributed by atoms with Crippen LogP contribution in [-0.4, -0.2) is 41.2 Å². The normalized spacial score (nSPS) is 20.7. The first kappa shape index (κ1) is 21.3. The van der Waals surface area contributed by atoms with Gasteiger partial charge in [0, 0.05) is 18.1 Å². The molecule has 0 amide bonds. The maximum Gasteiger partial charge on any atom is 0.125 e. The zero-order valence-electron chi connectivity index (χ0n) is 17.5. The van der Waals surface area contributed by atoms with Crippen LogP contribution in [0.1, 0.15) is 55.5 Å². The Bertz CT molecular complexity index is 819. The Morgan fingerprint density at radius 3 is 2.47 bits per heavy atom. The van der Waals surface area contributed by atoms with Gasteiger partial charge in [-0.25, -0.2) is 4.98 Å². The van der Waals surface area contributed by atoms with E-state index < -0.39 is 5.60 Å². The fraction of sp³-hybridized carbons (Fsp3) is 0.583. The van der Waals surface area contributed by atoms with E-state index in [1.807, 2.05) is 23.7 Å². The molecular formula is C24H31N3O2S. The highest BCUT2D eigenvalue weighted by Crippen LogP contribution is 2.48. The Morgan fingerprint density at radius 2 is 1.83 bits per heavy atom. The lowest BCUT2D eigenvalue weighted by Crippen LogP contribution is -2.47. The third kappa shape index (κ3) is 4.69. The Labute approximate surface area is 183 Å². The predicted octanol–water partition coefficient (Wildman–Crippen LogP) is 4.57. The van der Waals surface area contributed by atoms with Crippen molar-refractivity contribution in [3.8, 4) is 11.8 Å². The van der Waals surface area contributed by atoms with E-state index in [0.29, 0.717) is 24.0 Å².